The topological polar surface area (TPSA) is 43.4 Å². The fourth-order valence-corrected chi connectivity index (χ4v) is 2.43. The summed E-state index contributed by atoms with van der Waals surface area (Å²) in [6.45, 7) is 3.99. The maximum Gasteiger partial charge on any atom is 0.150 e. The van der Waals surface area contributed by atoms with Gasteiger partial charge in [0.15, 0.2) is 0 Å². The highest BCUT2D eigenvalue weighted by atomic mass is 31.2. The van der Waals surface area contributed by atoms with Crippen LogP contribution in [-0.4, -0.2) is 32.4 Å². The molecule has 0 amide bonds. The van der Waals surface area contributed by atoms with Crippen molar-refractivity contribution in [3.63, 3.8) is 0 Å². The lowest BCUT2D eigenvalue weighted by Crippen LogP contribution is -2.02. The molecule has 0 spiro atoms. The van der Waals surface area contributed by atoms with Gasteiger partial charge in [0.1, 0.15) is 12.0 Å². The second-order valence-corrected chi connectivity index (χ2v) is 9.01. The number of rotatable bonds is 6. The lowest BCUT2D eigenvalue weighted by Gasteiger charge is -2.10. The minimum Gasteiger partial charge on any atom is -0.493 e. The Labute approximate surface area is 125 Å². The van der Waals surface area contributed by atoms with Crippen molar-refractivity contribution in [3.8, 4) is 16.9 Å². The monoisotopic (exact) mass is 302 g/mol. The van der Waals surface area contributed by atoms with Gasteiger partial charge in [-0.1, -0.05) is 36.4 Å². The van der Waals surface area contributed by atoms with Crippen molar-refractivity contribution in [1.82, 2.24) is 0 Å². The third-order valence-electron chi connectivity index (χ3n) is 3.11. The van der Waals surface area contributed by atoms with Gasteiger partial charge in [0.05, 0.1) is 13.7 Å². The van der Waals surface area contributed by atoms with Crippen LogP contribution in [0.25, 0.3) is 11.1 Å². The number of hydrogen-bond acceptors (Lipinski definition) is 3. The van der Waals surface area contributed by atoms with E-state index in [1.807, 2.05) is 36.4 Å². The van der Waals surface area contributed by atoms with E-state index in [1.165, 1.54) is 0 Å². The number of carbonyl (C=O) groups excluding carboxylic acids is 1. The van der Waals surface area contributed by atoms with E-state index >= 15 is 0 Å². The lowest BCUT2D eigenvalue weighted by molar-refractivity contribution is 0.112. The zero-order valence-electron chi connectivity index (χ0n) is 12.3. The third-order valence-corrected chi connectivity index (χ3v) is 4.37. The molecular formula is C17H19O3P. The summed E-state index contributed by atoms with van der Waals surface area (Å²) in [6, 6.07) is 15.2. The Morgan fingerprint density at radius 2 is 1.76 bits per heavy atom. The van der Waals surface area contributed by atoms with Crippen LogP contribution in [0.15, 0.2) is 48.5 Å². The summed E-state index contributed by atoms with van der Waals surface area (Å²) in [5.41, 5.74) is 2.72. The van der Waals surface area contributed by atoms with Crippen LogP contribution < -0.4 is 4.74 Å². The lowest BCUT2D eigenvalue weighted by atomic mass is 10.0. The van der Waals surface area contributed by atoms with Crippen molar-refractivity contribution >= 4 is 13.4 Å². The number of hydrogen-bond donors (Lipinski definition) is 0. The van der Waals surface area contributed by atoms with Crippen molar-refractivity contribution in [2.75, 3.05) is 26.1 Å². The number of ether oxygens (including phenoxy) is 1. The van der Waals surface area contributed by atoms with Gasteiger partial charge in [-0.05, 0) is 36.6 Å². The maximum absolute atomic E-state index is 11.6. The van der Waals surface area contributed by atoms with Gasteiger partial charge in [-0.15, -0.1) is 0 Å². The highest BCUT2D eigenvalue weighted by Gasteiger charge is 2.07. The van der Waals surface area contributed by atoms with E-state index in [0.717, 1.165) is 23.2 Å². The fraction of sp³-hybridized carbons (Fsp3) is 0.235. The second-order valence-electron chi connectivity index (χ2n) is 5.41. The normalized spacial score (nSPS) is 11.1. The summed E-state index contributed by atoms with van der Waals surface area (Å²) in [6.07, 6.45) is 1.41. The Hall–Kier alpha value is -1.86. The number of aldehydes is 1. The van der Waals surface area contributed by atoms with Gasteiger partial charge in [-0.2, -0.15) is 0 Å². The first kappa shape index (κ1) is 15.5. The smallest absolute Gasteiger partial charge is 0.150 e. The van der Waals surface area contributed by atoms with E-state index in [1.54, 1.807) is 25.5 Å². The average Bonchev–Trinajstić information content (AvgIpc) is 2.46. The SMILES string of the molecule is CP(C)(=O)CCOc1cccc(-c2ccc(C=O)cc2)c1. The van der Waals surface area contributed by atoms with Crippen molar-refractivity contribution in [1.29, 1.82) is 0 Å². The summed E-state index contributed by atoms with van der Waals surface area (Å²) < 4.78 is 17.3. The molecule has 0 saturated heterocycles. The molecule has 2 aromatic rings. The largest absolute Gasteiger partial charge is 0.493 e. The van der Waals surface area contributed by atoms with Gasteiger partial charge >= 0.3 is 0 Å². The molecule has 0 radical (unpaired) electrons. The van der Waals surface area contributed by atoms with E-state index in [2.05, 4.69) is 0 Å². The molecule has 0 heterocycles. The van der Waals surface area contributed by atoms with E-state index in [4.69, 9.17) is 4.74 Å². The van der Waals surface area contributed by atoms with E-state index < -0.39 is 7.14 Å². The van der Waals surface area contributed by atoms with E-state index in [0.29, 0.717) is 18.3 Å². The number of carbonyl (C=O) groups is 1. The van der Waals surface area contributed by atoms with E-state index in [9.17, 15) is 9.36 Å². The molecule has 4 heteroatoms. The van der Waals surface area contributed by atoms with Crippen molar-refractivity contribution in [2.45, 2.75) is 0 Å². The minimum absolute atomic E-state index is 0.456. The highest BCUT2D eigenvalue weighted by molar-refractivity contribution is 7.62. The third kappa shape index (κ3) is 4.87. The van der Waals surface area contributed by atoms with Crippen molar-refractivity contribution in [3.05, 3.63) is 54.1 Å². The van der Waals surface area contributed by atoms with Gasteiger partial charge in [-0.3, -0.25) is 4.79 Å². The van der Waals surface area contributed by atoms with Gasteiger partial charge in [-0.25, -0.2) is 0 Å². The first-order valence-electron chi connectivity index (χ1n) is 6.80. The standard InChI is InChI=1S/C17H19O3P/c1-21(2,19)11-10-20-17-5-3-4-16(12-17)15-8-6-14(13-18)7-9-15/h3-9,12-13H,10-11H2,1-2H3. The first-order chi connectivity index (χ1) is 9.98. The fourth-order valence-electron chi connectivity index (χ4n) is 1.90. The molecule has 2 aromatic carbocycles. The average molecular weight is 302 g/mol. The summed E-state index contributed by atoms with van der Waals surface area (Å²) >= 11 is 0. The van der Waals surface area contributed by atoms with Crippen LogP contribution >= 0.6 is 7.14 Å². The van der Waals surface area contributed by atoms with Crippen LogP contribution in [0.5, 0.6) is 5.75 Å². The molecule has 0 atom stereocenters. The Balaban J connectivity index is 2.09. The summed E-state index contributed by atoms with van der Waals surface area (Å²) in [7, 11) is -2.04. The zero-order valence-corrected chi connectivity index (χ0v) is 13.2. The molecule has 2 rings (SSSR count). The quantitative estimate of drug-likeness (QED) is 0.594. The molecule has 0 bridgehead atoms. The highest BCUT2D eigenvalue weighted by Crippen LogP contribution is 2.35. The van der Waals surface area contributed by atoms with Gasteiger partial charge in [0, 0.05) is 11.7 Å². The van der Waals surface area contributed by atoms with Crippen LogP contribution in [-0.2, 0) is 4.57 Å². The molecule has 0 fully saturated rings. The van der Waals surface area contributed by atoms with Crippen LogP contribution in [0.3, 0.4) is 0 Å². The molecule has 110 valence electrons. The zero-order chi connectivity index (χ0) is 15.3. The molecule has 0 saturated carbocycles. The van der Waals surface area contributed by atoms with Crippen LogP contribution in [0, 0.1) is 0 Å². The molecule has 0 unspecified atom stereocenters. The van der Waals surface area contributed by atoms with Crippen LogP contribution in [0.2, 0.25) is 0 Å². The molecule has 0 aromatic heterocycles. The maximum atomic E-state index is 11.6. The van der Waals surface area contributed by atoms with E-state index in [-0.39, 0.29) is 0 Å². The Morgan fingerprint density at radius 1 is 1.05 bits per heavy atom. The molecule has 0 N–H and O–H groups in total. The van der Waals surface area contributed by atoms with Crippen LogP contribution in [0.4, 0.5) is 0 Å². The van der Waals surface area contributed by atoms with Crippen LogP contribution in [0.1, 0.15) is 10.4 Å². The second kappa shape index (κ2) is 6.73. The summed E-state index contributed by atoms with van der Waals surface area (Å²) in [5.74, 6) is 0.764. The predicted octanol–water partition coefficient (Wildman–Crippen LogP) is 4.17. The predicted molar refractivity (Wildman–Crippen MR) is 87.1 cm³/mol. The Bertz CT molecular complexity index is 656. The van der Waals surface area contributed by atoms with Gasteiger partial charge in [0.2, 0.25) is 0 Å². The van der Waals surface area contributed by atoms with Gasteiger partial charge < -0.3 is 9.30 Å². The molecule has 21 heavy (non-hydrogen) atoms. The summed E-state index contributed by atoms with van der Waals surface area (Å²) in [5, 5.41) is 0. The summed E-state index contributed by atoms with van der Waals surface area (Å²) in [4.78, 5) is 10.7. The molecular weight excluding hydrogens is 283 g/mol. The number of benzene rings is 2. The minimum atomic E-state index is -2.04. The Kier molecular flexibility index (Phi) is 4.98. The molecule has 3 nitrogen and oxygen atoms in total. The molecule has 0 aliphatic rings. The van der Waals surface area contributed by atoms with Crippen molar-refractivity contribution < 1.29 is 14.1 Å². The van der Waals surface area contributed by atoms with Crippen molar-refractivity contribution in [2.24, 2.45) is 0 Å². The Morgan fingerprint density at radius 3 is 2.38 bits per heavy atom. The first-order valence-corrected chi connectivity index (χ1v) is 9.59. The van der Waals surface area contributed by atoms with Gasteiger partial charge in [0.25, 0.3) is 0 Å². The molecule has 0 aliphatic carbocycles. The molecule has 0 aliphatic heterocycles.